The van der Waals surface area contributed by atoms with Crippen molar-refractivity contribution in [3.63, 3.8) is 0 Å². The molecule has 2 aromatic carbocycles. The van der Waals surface area contributed by atoms with E-state index < -0.39 is 6.04 Å². The fourth-order valence-electron chi connectivity index (χ4n) is 2.90. The summed E-state index contributed by atoms with van der Waals surface area (Å²) in [6, 6.07) is 12.4. The average Bonchev–Trinajstić information content (AvgIpc) is 3.07. The fraction of sp³-hybridized carbons (Fsp3) is 0.263. The van der Waals surface area contributed by atoms with Crippen molar-refractivity contribution in [1.29, 1.82) is 0 Å². The van der Waals surface area contributed by atoms with Crippen LogP contribution < -0.4 is 5.32 Å². The average molecular weight is 326 g/mol. The third-order valence-corrected chi connectivity index (χ3v) is 4.23. The van der Waals surface area contributed by atoms with Crippen molar-refractivity contribution in [2.24, 2.45) is 0 Å². The zero-order valence-electron chi connectivity index (χ0n) is 13.5. The summed E-state index contributed by atoms with van der Waals surface area (Å²) >= 11 is 0. The number of rotatable bonds is 3. The Bertz CT molecular complexity index is 741. The number of nitrogens with zero attached hydrogens (tertiary/aromatic N) is 1. The third-order valence-electron chi connectivity index (χ3n) is 4.23. The van der Waals surface area contributed by atoms with Gasteiger partial charge in [0.1, 0.15) is 11.9 Å². The Morgan fingerprint density at radius 1 is 1.08 bits per heavy atom. The number of carbonyl (C=O) groups excluding carboxylic acids is 2. The van der Waals surface area contributed by atoms with Gasteiger partial charge in [0.15, 0.2) is 0 Å². The molecule has 1 aliphatic heterocycles. The lowest BCUT2D eigenvalue weighted by Crippen LogP contribution is -2.43. The maximum atomic E-state index is 12.9. The molecule has 0 aromatic heterocycles. The molecule has 5 heteroatoms. The molecule has 1 N–H and O–H groups in total. The molecule has 1 aliphatic rings. The molecule has 0 aliphatic carbocycles. The lowest BCUT2D eigenvalue weighted by Gasteiger charge is -2.24. The number of nitrogens with one attached hydrogen (secondary N) is 1. The number of hydrogen-bond acceptors (Lipinski definition) is 2. The SMILES string of the molecule is Cc1ccc(C(=O)N2CCC[C@@H]2C(=O)Nc2ccc(F)cc2)cc1. The number of likely N-dealkylation sites (tertiary alicyclic amines) is 1. The highest BCUT2D eigenvalue weighted by Gasteiger charge is 2.34. The first-order valence-electron chi connectivity index (χ1n) is 7.98. The van der Waals surface area contributed by atoms with Gasteiger partial charge in [-0.25, -0.2) is 4.39 Å². The van der Waals surface area contributed by atoms with Gasteiger partial charge in [-0.1, -0.05) is 17.7 Å². The summed E-state index contributed by atoms with van der Waals surface area (Å²) in [6.45, 7) is 2.53. The van der Waals surface area contributed by atoms with Crippen LogP contribution in [0.2, 0.25) is 0 Å². The largest absolute Gasteiger partial charge is 0.327 e. The van der Waals surface area contributed by atoms with Crippen molar-refractivity contribution < 1.29 is 14.0 Å². The first-order chi connectivity index (χ1) is 11.5. The van der Waals surface area contributed by atoms with Crippen LogP contribution in [0.1, 0.15) is 28.8 Å². The summed E-state index contributed by atoms with van der Waals surface area (Å²) in [6.07, 6.45) is 1.42. The van der Waals surface area contributed by atoms with Gasteiger partial charge >= 0.3 is 0 Å². The van der Waals surface area contributed by atoms with E-state index in [1.54, 1.807) is 17.0 Å². The normalized spacial score (nSPS) is 16.9. The van der Waals surface area contributed by atoms with E-state index in [1.165, 1.54) is 24.3 Å². The number of hydrogen-bond donors (Lipinski definition) is 1. The van der Waals surface area contributed by atoms with E-state index in [4.69, 9.17) is 0 Å². The first kappa shape index (κ1) is 16.2. The van der Waals surface area contributed by atoms with Crippen molar-refractivity contribution in [2.75, 3.05) is 11.9 Å². The minimum atomic E-state index is -0.496. The topological polar surface area (TPSA) is 49.4 Å². The van der Waals surface area contributed by atoms with Crippen LogP contribution in [0.3, 0.4) is 0 Å². The molecule has 3 rings (SSSR count). The van der Waals surface area contributed by atoms with Crippen LogP contribution in [0.4, 0.5) is 10.1 Å². The van der Waals surface area contributed by atoms with Crippen LogP contribution in [-0.4, -0.2) is 29.3 Å². The molecule has 0 spiro atoms. The Kier molecular flexibility index (Phi) is 4.60. The number of amides is 2. The Morgan fingerprint density at radius 2 is 1.75 bits per heavy atom. The number of halogens is 1. The van der Waals surface area contributed by atoms with Crippen LogP contribution in [0.25, 0.3) is 0 Å². The first-order valence-corrected chi connectivity index (χ1v) is 7.98. The van der Waals surface area contributed by atoms with E-state index in [9.17, 15) is 14.0 Å². The van der Waals surface area contributed by atoms with E-state index in [0.717, 1.165) is 12.0 Å². The van der Waals surface area contributed by atoms with Gasteiger partial charge in [-0.05, 0) is 56.2 Å². The second-order valence-corrected chi connectivity index (χ2v) is 6.02. The lowest BCUT2D eigenvalue weighted by atomic mass is 10.1. The molecule has 0 radical (unpaired) electrons. The molecule has 2 aromatic rings. The second-order valence-electron chi connectivity index (χ2n) is 6.02. The van der Waals surface area contributed by atoms with Crippen LogP contribution in [0.15, 0.2) is 48.5 Å². The van der Waals surface area contributed by atoms with Gasteiger partial charge in [0.05, 0.1) is 0 Å². The van der Waals surface area contributed by atoms with Gasteiger partial charge < -0.3 is 10.2 Å². The van der Waals surface area contributed by atoms with Crippen molar-refractivity contribution in [2.45, 2.75) is 25.8 Å². The number of aryl methyl sites for hydroxylation is 1. The van der Waals surface area contributed by atoms with E-state index in [-0.39, 0.29) is 17.6 Å². The molecule has 0 bridgehead atoms. The standard InChI is InChI=1S/C19H19FN2O2/c1-13-4-6-14(7-5-13)19(24)22-12-2-3-17(22)18(23)21-16-10-8-15(20)9-11-16/h4-11,17H,2-3,12H2,1H3,(H,21,23)/t17-/m1/s1. The molecular formula is C19H19FN2O2. The smallest absolute Gasteiger partial charge is 0.254 e. The van der Waals surface area contributed by atoms with E-state index in [2.05, 4.69) is 5.32 Å². The molecule has 0 unspecified atom stereocenters. The summed E-state index contributed by atoms with van der Waals surface area (Å²) < 4.78 is 12.9. The van der Waals surface area contributed by atoms with Gasteiger partial charge in [0.25, 0.3) is 5.91 Å². The van der Waals surface area contributed by atoms with Crippen molar-refractivity contribution in [1.82, 2.24) is 4.90 Å². The summed E-state index contributed by atoms with van der Waals surface area (Å²) in [7, 11) is 0. The number of anilines is 1. The minimum absolute atomic E-state index is 0.133. The van der Waals surface area contributed by atoms with E-state index >= 15 is 0 Å². The Hall–Kier alpha value is -2.69. The molecular weight excluding hydrogens is 307 g/mol. The van der Waals surface area contributed by atoms with Crippen molar-refractivity contribution >= 4 is 17.5 Å². The predicted molar refractivity (Wildman–Crippen MR) is 90.3 cm³/mol. The van der Waals surface area contributed by atoms with Crippen LogP contribution >= 0.6 is 0 Å². The Labute approximate surface area is 140 Å². The van der Waals surface area contributed by atoms with E-state index in [0.29, 0.717) is 24.2 Å². The molecule has 1 atom stereocenters. The monoisotopic (exact) mass is 326 g/mol. The summed E-state index contributed by atoms with van der Waals surface area (Å²) in [4.78, 5) is 26.8. The van der Waals surface area contributed by atoms with Crippen LogP contribution in [0, 0.1) is 12.7 Å². The van der Waals surface area contributed by atoms with Gasteiger partial charge in [0, 0.05) is 17.8 Å². The van der Waals surface area contributed by atoms with Gasteiger partial charge in [0.2, 0.25) is 5.91 Å². The highest BCUT2D eigenvalue weighted by atomic mass is 19.1. The fourth-order valence-corrected chi connectivity index (χ4v) is 2.90. The number of benzene rings is 2. The molecule has 4 nitrogen and oxygen atoms in total. The minimum Gasteiger partial charge on any atom is -0.327 e. The van der Waals surface area contributed by atoms with Crippen LogP contribution in [-0.2, 0) is 4.79 Å². The Morgan fingerprint density at radius 3 is 2.42 bits per heavy atom. The quantitative estimate of drug-likeness (QED) is 0.940. The zero-order valence-corrected chi connectivity index (χ0v) is 13.5. The van der Waals surface area contributed by atoms with Gasteiger partial charge in [-0.2, -0.15) is 0 Å². The maximum absolute atomic E-state index is 12.9. The molecule has 2 amide bonds. The molecule has 124 valence electrons. The molecule has 1 heterocycles. The maximum Gasteiger partial charge on any atom is 0.254 e. The highest BCUT2D eigenvalue weighted by molar-refractivity contribution is 6.01. The summed E-state index contributed by atoms with van der Waals surface area (Å²) in [5.74, 6) is -0.726. The third kappa shape index (κ3) is 3.45. The molecule has 24 heavy (non-hydrogen) atoms. The van der Waals surface area contributed by atoms with E-state index in [1.807, 2.05) is 19.1 Å². The van der Waals surface area contributed by atoms with Crippen molar-refractivity contribution in [3.05, 3.63) is 65.5 Å². The molecule has 0 saturated carbocycles. The summed E-state index contributed by atoms with van der Waals surface area (Å²) in [5.41, 5.74) is 2.19. The Balaban J connectivity index is 1.72. The highest BCUT2D eigenvalue weighted by Crippen LogP contribution is 2.22. The van der Waals surface area contributed by atoms with Crippen molar-refractivity contribution in [3.8, 4) is 0 Å². The molecule has 1 saturated heterocycles. The predicted octanol–water partition coefficient (Wildman–Crippen LogP) is 3.38. The zero-order chi connectivity index (χ0) is 17.1. The van der Waals surface area contributed by atoms with Crippen LogP contribution in [0.5, 0.6) is 0 Å². The summed E-state index contributed by atoms with van der Waals surface area (Å²) in [5, 5.41) is 2.76. The molecule has 1 fully saturated rings. The van der Waals surface area contributed by atoms with Gasteiger partial charge in [-0.15, -0.1) is 0 Å². The second kappa shape index (κ2) is 6.83. The van der Waals surface area contributed by atoms with Gasteiger partial charge in [-0.3, -0.25) is 9.59 Å². The lowest BCUT2D eigenvalue weighted by molar-refractivity contribution is -0.119. The number of carbonyl (C=O) groups is 2.